The van der Waals surface area contributed by atoms with Crippen molar-refractivity contribution in [2.24, 2.45) is 0 Å². The number of aromatic nitrogens is 3. The molecule has 0 saturated carbocycles. The van der Waals surface area contributed by atoms with Crippen LogP contribution < -0.4 is 0 Å². The fourth-order valence-electron chi connectivity index (χ4n) is 2.42. The highest BCUT2D eigenvalue weighted by molar-refractivity contribution is 5.54. The molecule has 5 nitrogen and oxygen atoms in total. The Labute approximate surface area is 139 Å². The number of aliphatic hydroxyl groups excluding tert-OH is 1. The van der Waals surface area contributed by atoms with E-state index < -0.39 is 6.10 Å². The van der Waals surface area contributed by atoms with Gasteiger partial charge in [-0.2, -0.15) is 0 Å². The molecule has 1 N–H and O–H groups in total. The first-order chi connectivity index (χ1) is 11.7. The van der Waals surface area contributed by atoms with Gasteiger partial charge in [0.05, 0.1) is 25.9 Å². The Morgan fingerprint density at radius 2 is 1.92 bits per heavy atom. The second-order valence-electron chi connectivity index (χ2n) is 5.40. The van der Waals surface area contributed by atoms with Crippen molar-refractivity contribution in [2.45, 2.75) is 19.3 Å². The molecular formula is C18H18FN3O2. The van der Waals surface area contributed by atoms with Gasteiger partial charge in [0.1, 0.15) is 11.6 Å². The normalized spacial score (nSPS) is 12.2. The topological polar surface area (TPSA) is 60.2 Å². The number of pyridine rings is 1. The lowest BCUT2D eigenvalue weighted by Gasteiger charge is -2.14. The number of rotatable bonds is 7. The Bertz CT molecular complexity index is 777. The second-order valence-corrected chi connectivity index (χ2v) is 5.40. The predicted octanol–water partition coefficient (Wildman–Crippen LogP) is 2.66. The van der Waals surface area contributed by atoms with Crippen LogP contribution in [0.2, 0.25) is 0 Å². The van der Waals surface area contributed by atoms with E-state index >= 15 is 0 Å². The van der Waals surface area contributed by atoms with E-state index in [9.17, 15) is 9.50 Å². The molecule has 0 spiro atoms. The molecule has 0 radical (unpaired) electrons. The minimum atomic E-state index is -0.716. The van der Waals surface area contributed by atoms with Crippen molar-refractivity contribution in [1.82, 2.24) is 14.5 Å². The lowest BCUT2D eigenvalue weighted by molar-refractivity contribution is 0.0196. The molecule has 0 unspecified atom stereocenters. The predicted molar refractivity (Wildman–Crippen MR) is 87.5 cm³/mol. The van der Waals surface area contributed by atoms with Gasteiger partial charge in [-0.05, 0) is 18.2 Å². The highest BCUT2D eigenvalue weighted by Gasteiger charge is 2.11. The number of nitrogens with zero attached hydrogens (tertiary/aromatic N) is 3. The van der Waals surface area contributed by atoms with Crippen LogP contribution in [0.25, 0.3) is 11.4 Å². The molecule has 24 heavy (non-hydrogen) atoms. The first kappa shape index (κ1) is 16.3. The van der Waals surface area contributed by atoms with Gasteiger partial charge in [-0.15, -0.1) is 0 Å². The fraction of sp³-hybridized carbons (Fsp3) is 0.222. The molecule has 124 valence electrons. The van der Waals surface area contributed by atoms with E-state index in [0.717, 1.165) is 11.4 Å². The van der Waals surface area contributed by atoms with Crippen LogP contribution in [-0.4, -0.2) is 32.4 Å². The average Bonchev–Trinajstić information content (AvgIpc) is 3.05. The number of ether oxygens (including phenoxy) is 1. The van der Waals surface area contributed by atoms with Gasteiger partial charge in [0.2, 0.25) is 0 Å². The molecule has 1 aromatic carbocycles. The molecule has 3 aromatic rings. The lowest BCUT2D eigenvalue weighted by Crippen LogP contribution is -2.22. The highest BCUT2D eigenvalue weighted by Crippen LogP contribution is 2.16. The van der Waals surface area contributed by atoms with Gasteiger partial charge in [-0.1, -0.05) is 18.2 Å². The summed E-state index contributed by atoms with van der Waals surface area (Å²) >= 11 is 0. The summed E-state index contributed by atoms with van der Waals surface area (Å²) in [6.45, 7) is 0.585. The van der Waals surface area contributed by atoms with Crippen LogP contribution in [-0.2, 0) is 17.9 Å². The highest BCUT2D eigenvalue weighted by atomic mass is 19.1. The second kappa shape index (κ2) is 7.81. The van der Waals surface area contributed by atoms with Crippen molar-refractivity contribution in [3.63, 3.8) is 0 Å². The molecule has 2 heterocycles. The van der Waals surface area contributed by atoms with E-state index in [2.05, 4.69) is 9.97 Å². The van der Waals surface area contributed by atoms with Gasteiger partial charge in [0.25, 0.3) is 0 Å². The van der Waals surface area contributed by atoms with Crippen LogP contribution in [0.15, 0.2) is 61.2 Å². The average molecular weight is 327 g/mol. The molecule has 0 bridgehead atoms. The van der Waals surface area contributed by atoms with Crippen LogP contribution in [0.1, 0.15) is 5.56 Å². The Morgan fingerprint density at radius 1 is 1.12 bits per heavy atom. The third-order valence-electron chi connectivity index (χ3n) is 3.59. The maximum Gasteiger partial charge on any atom is 0.140 e. The summed E-state index contributed by atoms with van der Waals surface area (Å²) in [6, 6.07) is 10.2. The molecular weight excluding hydrogens is 309 g/mol. The number of halogens is 1. The molecule has 0 amide bonds. The number of imidazole rings is 1. The van der Waals surface area contributed by atoms with Crippen LogP contribution in [0.5, 0.6) is 0 Å². The molecule has 2 aromatic heterocycles. The van der Waals surface area contributed by atoms with E-state index in [1.54, 1.807) is 43.0 Å². The molecule has 0 fully saturated rings. The monoisotopic (exact) mass is 327 g/mol. The van der Waals surface area contributed by atoms with Crippen molar-refractivity contribution < 1.29 is 14.2 Å². The maximum absolute atomic E-state index is 13.5. The zero-order valence-electron chi connectivity index (χ0n) is 13.0. The van der Waals surface area contributed by atoms with Gasteiger partial charge >= 0.3 is 0 Å². The summed E-state index contributed by atoms with van der Waals surface area (Å²) in [6.07, 6.45) is 6.16. The van der Waals surface area contributed by atoms with E-state index in [1.807, 2.05) is 16.7 Å². The summed E-state index contributed by atoms with van der Waals surface area (Å²) in [4.78, 5) is 8.30. The molecule has 0 saturated heterocycles. The van der Waals surface area contributed by atoms with Crippen LogP contribution in [0.4, 0.5) is 4.39 Å². The van der Waals surface area contributed by atoms with Crippen molar-refractivity contribution in [2.75, 3.05) is 6.61 Å². The summed E-state index contributed by atoms with van der Waals surface area (Å²) < 4.78 is 20.8. The maximum atomic E-state index is 13.5. The van der Waals surface area contributed by atoms with E-state index in [4.69, 9.17) is 4.74 Å². The van der Waals surface area contributed by atoms with Crippen LogP contribution >= 0.6 is 0 Å². The standard InChI is InChI=1S/C18H18FN3O2/c19-17-4-2-1-3-15(17)12-24-13-16(23)11-22-10-9-21-18(22)14-5-7-20-8-6-14/h1-10,16,23H,11-13H2/t16-/m1/s1. The Balaban J connectivity index is 1.55. The lowest BCUT2D eigenvalue weighted by atomic mass is 10.2. The molecule has 1 atom stereocenters. The van der Waals surface area contributed by atoms with Crippen molar-refractivity contribution in [1.29, 1.82) is 0 Å². The van der Waals surface area contributed by atoms with Crippen LogP contribution in [0.3, 0.4) is 0 Å². The number of hydrogen-bond acceptors (Lipinski definition) is 4. The van der Waals surface area contributed by atoms with E-state index in [-0.39, 0.29) is 19.0 Å². The molecule has 0 aliphatic carbocycles. The van der Waals surface area contributed by atoms with Gasteiger partial charge in [0.15, 0.2) is 0 Å². The van der Waals surface area contributed by atoms with Gasteiger partial charge in [0, 0.05) is 35.9 Å². The minimum Gasteiger partial charge on any atom is -0.389 e. The summed E-state index contributed by atoms with van der Waals surface area (Å²) in [5, 5.41) is 10.2. The summed E-state index contributed by atoms with van der Waals surface area (Å²) in [7, 11) is 0. The molecule has 6 heteroatoms. The number of hydrogen-bond donors (Lipinski definition) is 1. The first-order valence-electron chi connectivity index (χ1n) is 7.65. The Kier molecular flexibility index (Phi) is 5.30. The molecule has 0 aliphatic heterocycles. The van der Waals surface area contributed by atoms with Gasteiger partial charge in [-0.25, -0.2) is 9.37 Å². The largest absolute Gasteiger partial charge is 0.389 e. The molecule has 0 aliphatic rings. The Morgan fingerprint density at radius 3 is 2.71 bits per heavy atom. The Hall–Kier alpha value is -2.57. The fourth-order valence-corrected chi connectivity index (χ4v) is 2.42. The van der Waals surface area contributed by atoms with Crippen molar-refractivity contribution in [3.05, 3.63) is 72.6 Å². The van der Waals surface area contributed by atoms with Gasteiger partial charge < -0.3 is 14.4 Å². The third-order valence-corrected chi connectivity index (χ3v) is 3.59. The van der Waals surface area contributed by atoms with Crippen LogP contribution in [0, 0.1) is 5.82 Å². The SMILES string of the molecule is O[C@@H](COCc1ccccc1F)Cn1ccnc1-c1ccncc1. The van der Waals surface area contributed by atoms with Crippen molar-refractivity contribution in [3.8, 4) is 11.4 Å². The third kappa shape index (κ3) is 4.04. The van der Waals surface area contributed by atoms with Gasteiger partial charge in [-0.3, -0.25) is 4.98 Å². The number of aliphatic hydroxyl groups is 1. The smallest absolute Gasteiger partial charge is 0.140 e. The van der Waals surface area contributed by atoms with E-state index in [0.29, 0.717) is 12.1 Å². The summed E-state index contributed by atoms with van der Waals surface area (Å²) in [5.41, 5.74) is 1.40. The first-order valence-corrected chi connectivity index (χ1v) is 7.65. The van der Waals surface area contributed by atoms with E-state index in [1.165, 1.54) is 6.07 Å². The van der Waals surface area contributed by atoms with Crippen molar-refractivity contribution >= 4 is 0 Å². The minimum absolute atomic E-state index is 0.113. The molecule has 3 rings (SSSR count). The zero-order chi connectivity index (χ0) is 16.8. The quantitative estimate of drug-likeness (QED) is 0.725. The zero-order valence-corrected chi connectivity index (χ0v) is 13.0. The summed E-state index contributed by atoms with van der Waals surface area (Å²) in [5.74, 6) is 0.451. The number of benzene rings is 1.